The smallest absolute Gasteiger partial charge is 0.324 e. The first-order valence-electron chi connectivity index (χ1n) is 7.85. The molecule has 2 atom stereocenters. The molecule has 0 unspecified atom stereocenters. The van der Waals surface area contributed by atoms with Crippen LogP contribution >= 0.6 is 0 Å². The molecule has 0 N–H and O–H groups in total. The Morgan fingerprint density at radius 2 is 2.13 bits per heavy atom. The van der Waals surface area contributed by atoms with Gasteiger partial charge in [0.25, 0.3) is 0 Å². The van der Waals surface area contributed by atoms with Crippen molar-refractivity contribution in [3.63, 3.8) is 0 Å². The van der Waals surface area contributed by atoms with Crippen molar-refractivity contribution in [3.05, 3.63) is 35.0 Å². The first-order chi connectivity index (χ1) is 10.9. The summed E-state index contributed by atoms with van der Waals surface area (Å²) in [6, 6.07) is 3.52. The zero-order chi connectivity index (χ0) is 16.8. The third kappa shape index (κ3) is 2.35. The van der Waals surface area contributed by atoms with Crippen LogP contribution in [0.2, 0.25) is 0 Å². The summed E-state index contributed by atoms with van der Waals surface area (Å²) >= 11 is 0. The van der Waals surface area contributed by atoms with Gasteiger partial charge in [-0.05, 0) is 32.8 Å². The predicted octanol–water partition coefficient (Wildman–Crippen LogP) is 2.37. The Bertz CT molecular complexity index is 707. The number of rotatable bonds is 3. The highest BCUT2D eigenvalue weighted by molar-refractivity contribution is 6.13. The maximum Gasteiger partial charge on any atom is 0.324 e. The van der Waals surface area contributed by atoms with Crippen molar-refractivity contribution < 1.29 is 19.1 Å². The Hall–Kier alpha value is -2.17. The monoisotopic (exact) mass is 315 g/mol. The molecule has 2 aliphatic rings. The summed E-state index contributed by atoms with van der Waals surface area (Å²) in [4.78, 5) is 30.0. The van der Waals surface area contributed by atoms with Gasteiger partial charge < -0.3 is 9.47 Å². The number of pyridine rings is 1. The lowest BCUT2D eigenvalue weighted by atomic mass is 9.60. The first-order valence-corrected chi connectivity index (χ1v) is 7.85. The van der Waals surface area contributed by atoms with Crippen LogP contribution in [0.15, 0.2) is 23.8 Å². The minimum absolute atomic E-state index is 0.0157. The molecular formula is C18H21NO4. The lowest BCUT2D eigenvalue weighted by molar-refractivity contribution is -0.154. The van der Waals surface area contributed by atoms with E-state index in [1.807, 2.05) is 26.8 Å². The van der Waals surface area contributed by atoms with Crippen LogP contribution in [-0.2, 0) is 26.2 Å². The van der Waals surface area contributed by atoms with E-state index >= 15 is 0 Å². The van der Waals surface area contributed by atoms with Crippen LogP contribution in [0.3, 0.4) is 0 Å². The quantitative estimate of drug-likeness (QED) is 0.487. The Morgan fingerprint density at radius 1 is 1.39 bits per heavy atom. The van der Waals surface area contributed by atoms with Crippen molar-refractivity contribution >= 4 is 11.8 Å². The van der Waals surface area contributed by atoms with E-state index < -0.39 is 11.4 Å². The Balaban J connectivity index is 2.16. The predicted molar refractivity (Wildman–Crippen MR) is 84.3 cm³/mol. The van der Waals surface area contributed by atoms with Gasteiger partial charge in [-0.15, -0.1) is 0 Å². The fraction of sp³-hybridized carbons (Fsp3) is 0.500. The van der Waals surface area contributed by atoms with E-state index in [0.717, 1.165) is 11.3 Å². The van der Waals surface area contributed by atoms with Gasteiger partial charge in [-0.2, -0.15) is 0 Å². The number of aromatic nitrogens is 1. The van der Waals surface area contributed by atoms with E-state index in [-0.39, 0.29) is 17.8 Å². The largest absolute Gasteiger partial charge is 0.475 e. The first kappa shape index (κ1) is 15.7. The number of hydrogen-bond donors (Lipinski definition) is 0. The van der Waals surface area contributed by atoms with E-state index in [9.17, 15) is 9.59 Å². The standard InChI is InChI=1S/C18H21NO4/c1-10(2)23-15-6-5-13-14(19-15)8-12-7-11(3)9-18(13,16(12)20)17(21)22-4/h5-7,10,12H,8-9H2,1-4H3/t12-,18-/m0/s1. The zero-order valence-electron chi connectivity index (χ0n) is 13.9. The Morgan fingerprint density at radius 3 is 2.78 bits per heavy atom. The summed E-state index contributed by atoms with van der Waals surface area (Å²) in [5, 5.41) is 0. The minimum atomic E-state index is -1.25. The molecule has 1 heterocycles. The molecule has 0 aliphatic heterocycles. The molecule has 0 fully saturated rings. The summed E-state index contributed by atoms with van der Waals surface area (Å²) in [6.07, 6.45) is 2.82. The molecule has 0 saturated heterocycles. The molecule has 0 spiro atoms. The minimum Gasteiger partial charge on any atom is -0.475 e. The second kappa shape index (κ2) is 5.48. The van der Waals surface area contributed by atoms with E-state index in [1.165, 1.54) is 7.11 Å². The van der Waals surface area contributed by atoms with E-state index in [0.29, 0.717) is 24.3 Å². The topological polar surface area (TPSA) is 65.5 Å². The van der Waals surface area contributed by atoms with Gasteiger partial charge in [0.05, 0.1) is 18.9 Å². The number of nitrogens with zero attached hydrogens (tertiary/aromatic N) is 1. The van der Waals surface area contributed by atoms with Gasteiger partial charge in [0.1, 0.15) is 0 Å². The number of carbonyl (C=O) groups is 2. The van der Waals surface area contributed by atoms with Gasteiger partial charge in [-0.25, -0.2) is 4.98 Å². The van der Waals surface area contributed by atoms with Gasteiger partial charge in [0, 0.05) is 18.4 Å². The number of ketones is 1. The fourth-order valence-electron chi connectivity index (χ4n) is 3.68. The van der Waals surface area contributed by atoms with Gasteiger partial charge in [-0.1, -0.05) is 17.7 Å². The van der Waals surface area contributed by atoms with Crippen molar-refractivity contribution in [2.24, 2.45) is 5.92 Å². The van der Waals surface area contributed by atoms with Crippen molar-refractivity contribution in [2.75, 3.05) is 7.11 Å². The van der Waals surface area contributed by atoms with Gasteiger partial charge in [0.2, 0.25) is 5.88 Å². The number of esters is 1. The Labute approximate surface area is 135 Å². The number of carbonyl (C=O) groups excluding carboxylic acids is 2. The summed E-state index contributed by atoms with van der Waals surface area (Å²) < 4.78 is 10.6. The maximum absolute atomic E-state index is 12.9. The van der Waals surface area contributed by atoms with E-state index in [4.69, 9.17) is 9.47 Å². The average molecular weight is 315 g/mol. The van der Waals surface area contributed by atoms with Crippen LogP contribution in [0, 0.1) is 5.92 Å². The van der Waals surface area contributed by atoms with Crippen LogP contribution < -0.4 is 4.74 Å². The molecule has 1 aromatic heterocycles. The summed E-state index contributed by atoms with van der Waals surface area (Å²) in [6.45, 7) is 5.81. The van der Waals surface area contributed by atoms with Crippen LogP contribution in [0.4, 0.5) is 0 Å². The summed E-state index contributed by atoms with van der Waals surface area (Å²) in [5.41, 5.74) is 1.19. The molecule has 0 saturated carbocycles. The number of allylic oxidation sites excluding steroid dienone is 2. The molecule has 23 heavy (non-hydrogen) atoms. The van der Waals surface area contributed by atoms with Crippen molar-refractivity contribution in [1.82, 2.24) is 4.98 Å². The second-order valence-electron chi connectivity index (χ2n) is 6.57. The fourth-order valence-corrected chi connectivity index (χ4v) is 3.68. The maximum atomic E-state index is 12.9. The second-order valence-corrected chi connectivity index (χ2v) is 6.57. The van der Waals surface area contributed by atoms with E-state index in [1.54, 1.807) is 12.1 Å². The lowest BCUT2D eigenvalue weighted by Crippen LogP contribution is -2.53. The highest BCUT2D eigenvalue weighted by atomic mass is 16.5. The third-order valence-electron chi connectivity index (χ3n) is 4.50. The SMILES string of the molecule is COC(=O)[C@@]12CC(C)=C[C@@H](Cc3nc(OC(C)C)ccc31)C2=O. The highest BCUT2D eigenvalue weighted by Crippen LogP contribution is 2.46. The summed E-state index contributed by atoms with van der Waals surface area (Å²) in [7, 11) is 1.32. The van der Waals surface area contributed by atoms with Gasteiger partial charge in [-0.3, -0.25) is 9.59 Å². The molecule has 0 amide bonds. The average Bonchev–Trinajstić information content (AvgIpc) is 2.48. The number of ether oxygens (including phenoxy) is 2. The molecule has 122 valence electrons. The van der Waals surface area contributed by atoms with Crippen LogP contribution in [0.25, 0.3) is 0 Å². The summed E-state index contributed by atoms with van der Waals surface area (Å²) in [5.74, 6) is -0.383. The van der Waals surface area contributed by atoms with Crippen molar-refractivity contribution in [1.29, 1.82) is 0 Å². The van der Waals surface area contributed by atoms with Crippen LogP contribution in [-0.4, -0.2) is 30.0 Å². The van der Waals surface area contributed by atoms with Gasteiger partial charge in [0.15, 0.2) is 11.2 Å². The van der Waals surface area contributed by atoms with Crippen LogP contribution in [0.5, 0.6) is 5.88 Å². The van der Waals surface area contributed by atoms with Crippen LogP contribution in [0.1, 0.15) is 38.4 Å². The highest BCUT2D eigenvalue weighted by Gasteiger charge is 2.56. The normalized spacial score (nSPS) is 25.7. The molecule has 3 rings (SSSR count). The zero-order valence-corrected chi connectivity index (χ0v) is 13.9. The number of Topliss-reactive ketones (excluding diaryl/α,β-unsaturated/α-hetero) is 1. The van der Waals surface area contributed by atoms with Crippen molar-refractivity contribution in [3.8, 4) is 5.88 Å². The molecule has 2 aliphatic carbocycles. The molecule has 2 bridgehead atoms. The molecule has 5 nitrogen and oxygen atoms in total. The molecule has 1 aromatic rings. The van der Waals surface area contributed by atoms with Gasteiger partial charge >= 0.3 is 5.97 Å². The Kier molecular flexibility index (Phi) is 3.74. The number of fused-ring (bicyclic) bond motifs is 4. The third-order valence-corrected chi connectivity index (χ3v) is 4.50. The molecule has 5 heteroatoms. The van der Waals surface area contributed by atoms with E-state index in [2.05, 4.69) is 4.98 Å². The lowest BCUT2D eigenvalue weighted by Gasteiger charge is -2.41. The molecule has 0 aromatic carbocycles. The number of methoxy groups -OCH3 is 1. The molecular weight excluding hydrogens is 294 g/mol. The number of hydrogen-bond acceptors (Lipinski definition) is 5. The molecule has 0 radical (unpaired) electrons. The van der Waals surface area contributed by atoms with Crippen molar-refractivity contribution in [2.45, 2.75) is 45.1 Å².